The van der Waals surface area contributed by atoms with Gasteiger partial charge in [-0.25, -0.2) is 0 Å². The van der Waals surface area contributed by atoms with E-state index in [2.05, 4.69) is 9.72 Å². The molecule has 0 spiro atoms. The van der Waals surface area contributed by atoms with Crippen LogP contribution in [0.25, 0.3) is 11.1 Å². The number of hydrogen-bond acceptors (Lipinski definition) is 4. The molecular weight excluding hydrogens is 293 g/mol. The van der Waals surface area contributed by atoms with Gasteiger partial charge in [0.1, 0.15) is 5.75 Å². The summed E-state index contributed by atoms with van der Waals surface area (Å²) in [5.41, 5.74) is -0.720. The summed E-state index contributed by atoms with van der Waals surface area (Å²) in [7, 11) is 0. The maximum Gasteiger partial charge on any atom is 0.573 e. The Morgan fingerprint density at radius 2 is 1.81 bits per heavy atom. The number of hydrogen-bond donors (Lipinski definition) is 1. The van der Waals surface area contributed by atoms with Gasteiger partial charge in [-0.15, -0.1) is 13.2 Å². The lowest BCUT2D eigenvalue weighted by atomic mass is 10.1. The second kappa shape index (κ2) is 5.27. The van der Waals surface area contributed by atoms with Crippen LogP contribution in [0.3, 0.4) is 0 Å². The van der Waals surface area contributed by atoms with Gasteiger partial charge in [0, 0.05) is 6.07 Å². The van der Waals surface area contributed by atoms with E-state index in [4.69, 9.17) is 0 Å². The first kappa shape index (κ1) is 14.6. The molecule has 21 heavy (non-hydrogen) atoms. The number of rotatable bonds is 3. The fraction of sp³-hybridized carbons (Fsp3) is 0.0833. The fourth-order valence-corrected chi connectivity index (χ4v) is 1.63. The lowest BCUT2D eigenvalue weighted by Gasteiger charge is -2.09. The Labute approximate surface area is 114 Å². The number of ether oxygens (including phenoxy) is 1. The molecule has 0 saturated carbocycles. The first-order valence-electron chi connectivity index (χ1n) is 5.49. The van der Waals surface area contributed by atoms with E-state index in [9.17, 15) is 28.1 Å². The van der Waals surface area contributed by atoms with Crippen molar-refractivity contribution in [3.8, 4) is 16.9 Å². The normalized spacial score (nSPS) is 11.2. The van der Waals surface area contributed by atoms with Crippen molar-refractivity contribution in [2.75, 3.05) is 0 Å². The smallest absolute Gasteiger partial charge is 0.406 e. The Kier molecular flexibility index (Phi) is 3.66. The van der Waals surface area contributed by atoms with Gasteiger partial charge in [-0.2, -0.15) is 0 Å². The maximum atomic E-state index is 12.0. The minimum atomic E-state index is -4.81. The number of halogens is 3. The predicted octanol–water partition coefficient (Wildman–Crippen LogP) is 2.85. The van der Waals surface area contributed by atoms with Crippen molar-refractivity contribution < 1.29 is 22.8 Å². The first-order chi connectivity index (χ1) is 9.76. The molecule has 0 amide bonds. The fourth-order valence-electron chi connectivity index (χ4n) is 1.63. The summed E-state index contributed by atoms with van der Waals surface area (Å²) >= 11 is 0. The lowest BCUT2D eigenvalue weighted by Crippen LogP contribution is -2.17. The number of nitrogens with one attached hydrogen (secondary N) is 1. The van der Waals surface area contributed by atoms with Gasteiger partial charge in [-0.3, -0.25) is 14.9 Å². The largest absolute Gasteiger partial charge is 0.573 e. The molecule has 0 aliphatic rings. The van der Waals surface area contributed by atoms with Crippen molar-refractivity contribution in [3.63, 3.8) is 0 Å². The molecule has 9 heteroatoms. The van der Waals surface area contributed by atoms with Crippen molar-refractivity contribution in [1.29, 1.82) is 0 Å². The van der Waals surface area contributed by atoms with E-state index in [1.54, 1.807) is 0 Å². The standard InChI is InChI=1S/C12H7F3N2O4/c13-12(14,15)21-9-3-1-7(2-4-9)10-5-8(17(19)20)6-16-11(10)18/h1-6H,(H,16,18). The molecular formula is C12H7F3N2O4. The minimum absolute atomic E-state index is 0.0252. The summed E-state index contributed by atoms with van der Waals surface area (Å²) in [5, 5.41) is 10.6. The van der Waals surface area contributed by atoms with Crippen molar-refractivity contribution in [2.45, 2.75) is 6.36 Å². The van der Waals surface area contributed by atoms with Crippen LogP contribution in [0.15, 0.2) is 41.3 Å². The third-order valence-electron chi connectivity index (χ3n) is 2.50. The Bertz CT molecular complexity index is 723. The van der Waals surface area contributed by atoms with Crippen LogP contribution in [-0.2, 0) is 0 Å². The zero-order valence-electron chi connectivity index (χ0n) is 10.2. The molecule has 0 aliphatic carbocycles. The number of H-pyrrole nitrogens is 1. The molecule has 1 heterocycles. The summed E-state index contributed by atoms with van der Waals surface area (Å²) < 4.78 is 39.7. The number of alkyl halides is 3. The monoisotopic (exact) mass is 300 g/mol. The summed E-state index contributed by atoms with van der Waals surface area (Å²) in [6, 6.07) is 5.48. The first-order valence-corrected chi connectivity index (χ1v) is 5.49. The zero-order valence-corrected chi connectivity index (χ0v) is 10.2. The number of aromatic amines is 1. The highest BCUT2D eigenvalue weighted by Gasteiger charge is 2.31. The van der Waals surface area contributed by atoms with Crippen LogP contribution in [-0.4, -0.2) is 16.3 Å². The molecule has 0 saturated heterocycles. The highest BCUT2D eigenvalue weighted by molar-refractivity contribution is 5.65. The lowest BCUT2D eigenvalue weighted by molar-refractivity contribution is -0.385. The minimum Gasteiger partial charge on any atom is -0.406 e. The summed E-state index contributed by atoms with van der Waals surface area (Å²) in [5.74, 6) is -0.451. The topological polar surface area (TPSA) is 85.2 Å². The molecule has 2 aromatic rings. The van der Waals surface area contributed by atoms with Gasteiger partial charge in [0.2, 0.25) is 0 Å². The van der Waals surface area contributed by atoms with Crippen LogP contribution in [0.4, 0.5) is 18.9 Å². The number of nitro groups is 1. The predicted molar refractivity (Wildman–Crippen MR) is 65.8 cm³/mol. The van der Waals surface area contributed by atoms with Crippen LogP contribution < -0.4 is 10.3 Å². The van der Waals surface area contributed by atoms with Crippen molar-refractivity contribution >= 4 is 5.69 Å². The van der Waals surface area contributed by atoms with E-state index >= 15 is 0 Å². The van der Waals surface area contributed by atoms with Gasteiger partial charge in [0.05, 0.1) is 16.7 Å². The highest BCUT2D eigenvalue weighted by atomic mass is 19.4. The van der Waals surface area contributed by atoms with Crippen molar-refractivity contribution in [2.24, 2.45) is 0 Å². The van der Waals surface area contributed by atoms with Crippen LogP contribution in [0, 0.1) is 10.1 Å². The zero-order chi connectivity index (χ0) is 15.6. The number of pyridine rings is 1. The molecule has 1 aromatic carbocycles. The van der Waals surface area contributed by atoms with Gasteiger partial charge in [-0.05, 0) is 17.7 Å². The molecule has 0 atom stereocenters. The third kappa shape index (κ3) is 3.59. The van der Waals surface area contributed by atoms with Gasteiger partial charge < -0.3 is 9.72 Å². The molecule has 1 aromatic heterocycles. The van der Waals surface area contributed by atoms with Crippen LogP contribution in [0.2, 0.25) is 0 Å². The van der Waals surface area contributed by atoms with Crippen LogP contribution in [0.1, 0.15) is 0 Å². The molecule has 0 aliphatic heterocycles. The molecule has 110 valence electrons. The van der Waals surface area contributed by atoms with E-state index in [-0.39, 0.29) is 16.8 Å². The molecule has 0 fully saturated rings. The Balaban J connectivity index is 2.37. The molecule has 0 radical (unpaired) electrons. The Morgan fingerprint density at radius 1 is 1.19 bits per heavy atom. The Morgan fingerprint density at radius 3 is 2.33 bits per heavy atom. The number of nitrogens with zero attached hydrogens (tertiary/aromatic N) is 1. The molecule has 6 nitrogen and oxygen atoms in total. The van der Waals surface area contributed by atoms with Crippen LogP contribution >= 0.6 is 0 Å². The van der Waals surface area contributed by atoms with Crippen molar-refractivity contribution in [1.82, 2.24) is 4.98 Å². The molecule has 0 bridgehead atoms. The van der Waals surface area contributed by atoms with Crippen molar-refractivity contribution in [3.05, 3.63) is 57.0 Å². The average Bonchev–Trinajstić information content (AvgIpc) is 2.38. The summed E-state index contributed by atoms with van der Waals surface area (Å²) in [6.45, 7) is 0. The number of aromatic nitrogens is 1. The van der Waals surface area contributed by atoms with E-state index < -0.39 is 22.6 Å². The van der Waals surface area contributed by atoms with Gasteiger partial charge in [0.15, 0.2) is 0 Å². The summed E-state index contributed by atoms with van der Waals surface area (Å²) in [4.78, 5) is 23.8. The van der Waals surface area contributed by atoms with E-state index in [0.29, 0.717) is 0 Å². The van der Waals surface area contributed by atoms with Gasteiger partial charge in [0.25, 0.3) is 11.2 Å². The Hall–Kier alpha value is -2.84. The maximum absolute atomic E-state index is 12.0. The second-order valence-corrected chi connectivity index (χ2v) is 3.93. The summed E-state index contributed by atoms with van der Waals surface area (Å²) in [6.07, 6.45) is -3.88. The van der Waals surface area contributed by atoms with Crippen LogP contribution in [0.5, 0.6) is 5.75 Å². The molecule has 1 N–H and O–H groups in total. The number of benzene rings is 1. The molecule has 2 rings (SSSR count). The average molecular weight is 300 g/mol. The quantitative estimate of drug-likeness (QED) is 0.697. The molecule has 0 unspecified atom stereocenters. The van der Waals surface area contributed by atoms with E-state index in [1.165, 1.54) is 12.1 Å². The van der Waals surface area contributed by atoms with Gasteiger partial charge >= 0.3 is 6.36 Å². The highest BCUT2D eigenvalue weighted by Crippen LogP contribution is 2.26. The van der Waals surface area contributed by atoms with Gasteiger partial charge in [-0.1, -0.05) is 12.1 Å². The SMILES string of the molecule is O=c1[nH]cc([N+](=O)[O-])cc1-c1ccc(OC(F)(F)F)cc1. The van der Waals surface area contributed by atoms with E-state index in [0.717, 1.165) is 24.4 Å². The third-order valence-corrected chi connectivity index (χ3v) is 2.50. The van der Waals surface area contributed by atoms with E-state index in [1.807, 2.05) is 0 Å². The second-order valence-electron chi connectivity index (χ2n) is 3.93.